The molecule has 0 aliphatic heterocycles. The zero-order chi connectivity index (χ0) is 47.9. The van der Waals surface area contributed by atoms with Crippen LogP contribution in [0.4, 0.5) is 0 Å². The fraction of sp³-hybridized carbons (Fsp3) is 0.617. The van der Waals surface area contributed by atoms with Gasteiger partial charge in [-0.25, -0.2) is 0 Å². The van der Waals surface area contributed by atoms with E-state index in [1.54, 1.807) is 0 Å². The van der Waals surface area contributed by atoms with Gasteiger partial charge < -0.3 is 14.2 Å². The molecule has 0 saturated carbocycles. The largest absolute Gasteiger partial charge is 0.462 e. The third-order valence-corrected chi connectivity index (χ3v) is 10.7. The summed E-state index contributed by atoms with van der Waals surface area (Å²) in [6.45, 7) is 6.30. The third-order valence-electron chi connectivity index (χ3n) is 10.7. The first kappa shape index (κ1) is 61.8. The summed E-state index contributed by atoms with van der Waals surface area (Å²) < 4.78 is 16.7. The first-order valence-corrected chi connectivity index (χ1v) is 26.5. The first-order chi connectivity index (χ1) is 32.5. The number of ether oxygens (including phenoxy) is 3. The van der Waals surface area contributed by atoms with E-state index in [1.165, 1.54) is 57.8 Å². The van der Waals surface area contributed by atoms with E-state index < -0.39 is 6.10 Å². The van der Waals surface area contributed by atoms with Gasteiger partial charge in [-0.2, -0.15) is 0 Å². The standard InChI is InChI=1S/C60H96O6/c1-4-7-10-13-16-19-22-25-28-29-30-33-35-38-41-44-47-50-53-59(62)65-56-57(66-60(63)54-51-48-45-42-39-36-32-27-24-21-18-15-12-9-6-3)55-64-58(61)52-49-46-43-40-37-34-31-26-23-20-17-14-11-8-5-2/h8-9,11-12,17-22,26-29,31-32,37,39-40,42,57H,4-7,10,13-16,23-25,30,33-36,38,41,43-56H2,1-3H3/b11-8-,12-9-,20-17-,21-18-,22-19-,29-28-,31-26-,32-27-,40-37-,42-39-. The fourth-order valence-electron chi connectivity index (χ4n) is 6.75. The van der Waals surface area contributed by atoms with Gasteiger partial charge in [-0.1, -0.05) is 194 Å². The average Bonchev–Trinajstić information content (AvgIpc) is 3.31. The van der Waals surface area contributed by atoms with Gasteiger partial charge in [-0.15, -0.1) is 0 Å². The van der Waals surface area contributed by atoms with Crippen molar-refractivity contribution < 1.29 is 28.6 Å². The molecule has 0 heterocycles. The molecule has 0 amide bonds. The van der Waals surface area contributed by atoms with Crippen LogP contribution in [0.15, 0.2) is 122 Å². The highest BCUT2D eigenvalue weighted by molar-refractivity contribution is 5.71. The summed E-state index contributed by atoms with van der Waals surface area (Å²) in [5.41, 5.74) is 0. The predicted octanol–water partition coefficient (Wildman–Crippen LogP) is 17.7. The molecule has 0 saturated heterocycles. The van der Waals surface area contributed by atoms with Gasteiger partial charge in [-0.3, -0.25) is 14.4 Å². The second kappa shape index (κ2) is 53.4. The molecule has 0 fully saturated rings. The first-order valence-electron chi connectivity index (χ1n) is 26.5. The average molecular weight is 913 g/mol. The number of esters is 3. The van der Waals surface area contributed by atoms with Crippen LogP contribution in [-0.4, -0.2) is 37.2 Å². The molecule has 0 bridgehead atoms. The van der Waals surface area contributed by atoms with Crippen LogP contribution in [0.3, 0.4) is 0 Å². The lowest BCUT2D eigenvalue weighted by Gasteiger charge is -2.18. The molecule has 0 aliphatic rings. The van der Waals surface area contributed by atoms with Crippen LogP contribution in [0.2, 0.25) is 0 Å². The lowest BCUT2D eigenvalue weighted by atomic mass is 10.1. The second-order valence-corrected chi connectivity index (χ2v) is 17.0. The minimum atomic E-state index is -0.823. The number of rotatable bonds is 46. The van der Waals surface area contributed by atoms with Crippen molar-refractivity contribution >= 4 is 17.9 Å². The van der Waals surface area contributed by atoms with E-state index in [0.29, 0.717) is 25.7 Å². The molecule has 0 aromatic carbocycles. The van der Waals surface area contributed by atoms with Gasteiger partial charge in [0.2, 0.25) is 0 Å². The van der Waals surface area contributed by atoms with Crippen molar-refractivity contribution in [2.45, 2.75) is 226 Å². The maximum Gasteiger partial charge on any atom is 0.306 e. The van der Waals surface area contributed by atoms with Crippen molar-refractivity contribution in [3.8, 4) is 0 Å². The summed E-state index contributed by atoms with van der Waals surface area (Å²) in [6, 6.07) is 0. The third kappa shape index (κ3) is 50.8. The molecule has 0 rings (SSSR count). The van der Waals surface area contributed by atoms with Crippen LogP contribution in [0.5, 0.6) is 0 Å². The maximum absolute atomic E-state index is 12.8. The van der Waals surface area contributed by atoms with Crippen molar-refractivity contribution in [2.75, 3.05) is 13.2 Å². The lowest BCUT2D eigenvalue weighted by Crippen LogP contribution is -2.30. The Balaban J connectivity index is 4.53. The maximum atomic E-state index is 12.8. The van der Waals surface area contributed by atoms with Crippen molar-refractivity contribution in [1.82, 2.24) is 0 Å². The molecule has 66 heavy (non-hydrogen) atoms. The highest BCUT2D eigenvalue weighted by Crippen LogP contribution is 2.13. The number of carbonyl (C=O) groups is 3. The number of allylic oxidation sites excluding steroid dienone is 20. The molecule has 6 nitrogen and oxygen atoms in total. The van der Waals surface area contributed by atoms with Crippen LogP contribution in [0, 0.1) is 0 Å². The molecule has 372 valence electrons. The van der Waals surface area contributed by atoms with Crippen molar-refractivity contribution in [1.29, 1.82) is 0 Å². The van der Waals surface area contributed by atoms with E-state index in [4.69, 9.17) is 14.2 Å². The number of unbranched alkanes of at least 4 members (excludes halogenated alkanes) is 15. The van der Waals surface area contributed by atoms with Crippen molar-refractivity contribution in [3.05, 3.63) is 122 Å². The summed E-state index contributed by atoms with van der Waals surface area (Å²) in [4.78, 5) is 38.0. The topological polar surface area (TPSA) is 78.9 Å². The van der Waals surface area contributed by atoms with Gasteiger partial charge in [0.1, 0.15) is 13.2 Å². The van der Waals surface area contributed by atoms with E-state index in [-0.39, 0.29) is 37.5 Å². The van der Waals surface area contributed by atoms with Crippen molar-refractivity contribution in [2.24, 2.45) is 0 Å². The molecule has 0 N–H and O–H groups in total. The van der Waals surface area contributed by atoms with Gasteiger partial charge in [-0.05, 0) is 128 Å². The Bertz CT molecular complexity index is 1420. The Morgan fingerprint density at radius 3 is 0.955 bits per heavy atom. The van der Waals surface area contributed by atoms with Gasteiger partial charge in [0.15, 0.2) is 6.10 Å². The molecular weight excluding hydrogens is 817 g/mol. The van der Waals surface area contributed by atoms with E-state index in [1.807, 2.05) is 0 Å². The van der Waals surface area contributed by atoms with Crippen LogP contribution < -0.4 is 0 Å². The van der Waals surface area contributed by atoms with E-state index >= 15 is 0 Å². The van der Waals surface area contributed by atoms with Gasteiger partial charge in [0.25, 0.3) is 0 Å². The number of carbonyl (C=O) groups excluding carboxylic acids is 3. The van der Waals surface area contributed by atoms with Gasteiger partial charge in [0, 0.05) is 19.3 Å². The zero-order valence-corrected chi connectivity index (χ0v) is 42.4. The second-order valence-electron chi connectivity index (χ2n) is 17.0. The highest BCUT2D eigenvalue weighted by Gasteiger charge is 2.19. The summed E-state index contributed by atoms with van der Waals surface area (Å²) in [5.74, 6) is -1.01. The molecule has 0 spiro atoms. The molecule has 1 atom stereocenters. The van der Waals surface area contributed by atoms with Gasteiger partial charge in [0.05, 0.1) is 0 Å². The Kier molecular flexibility index (Phi) is 50.0. The van der Waals surface area contributed by atoms with Crippen LogP contribution in [0.1, 0.15) is 220 Å². The molecule has 6 heteroatoms. The SMILES string of the molecule is CC/C=C\C/C=C\C/C=C\C/C=C\CCCCC(=O)OCC(COC(=O)CCCCCCCCC/C=C\C/C=C\CCCCCC)OC(=O)CCCC/C=C\C/C=C\C/C=C\C/C=C\CC. The summed E-state index contributed by atoms with van der Waals surface area (Å²) in [7, 11) is 0. The highest BCUT2D eigenvalue weighted by atomic mass is 16.6. The van der Waals surface area contributed by atoms with E-state index in [0.717, 1.165) is 109 Å². The van der Waals surface area contributed by atoms with Gasteiger partial charge >= 0.3 is 17.9 Å². The summed E-state index contributed by atoms with van der Waals surface area (Å²) >= 11 is 0. The van der Waals surface area contributed by atoms with E-state index in [9.17, 15) is 14.4 Å². The quantitative estimate of drug-likeness (QED) is 0.0262. The Morgan fingerprint density at radius 2 is 0.591 bits per heavy atom. The molecule has 0 aromatic rings. The zero-order valence-electron chi connectivity index (χ0n) is 42.4. The van der Waals surface area contributed by atoms with Crippen LogP contribution in [0.25, 0.3) is 0 Å². The van der Waals surface area contributed by atoms with Crippen molar-refractivity contribution in [3.63, 3.8) is 0 Å². The minimum absolute atomic E-state index is 0.116. The molecular formula is C60H96O6. The molecule has 1 unspecified atom stereocenters. The van der Waals surface area contributed by atoms with Crippen LogP contribution in [-0.2, 0) is 28.6 Å². The summed E-state index contributed by atoms with van der Waals surface area (Å²) in [6.07, 6.45) is 73.3. The Morgan fingerprint density at radius 1 is 0.318 bits per heavy atom. The molecule has 0 aromatic heterocycles. The number of hydrogen-bond acceptors (Lipinski definition) is 6. The summed E-state index contributed by atoms with van der Waals surface area (Å²) in [5, 5.41) is 0. The Hall–Kier alpha value is -4.19. The predicted molar refractivity (Wildman–Crippen MR) is 283 cm³/mol. The fourth-order valence-corrected chi connectivity index (χ4v) is 6.75. The monoisotopic (exact) mass is 913 g/mol. The normalized spacial score (nSPS) is 13.1. The number of hydrogen-bond donors (Lipinski definition) is 0. The van der Waals surface area contributed by atoms with Crippen LogP contribution >= 0.6 is 0 Å². The van der Waals surface area contributed by atoms with E-state index in [2.05, 4.69) is 142 Å². The smallest absolute Gasteiger partial charge is 0.306 e. The molecule has 0 radical (unpaired) electrons. The Labute approximate surface area is 405 Å². The lowest BCUT2D eigenvalue weighted by molar-refractivity contribution is -0.167. The molecule has 0 aliphatic carbocycles. The minimum Gasteiger partial charge on any atom is -0.462 e.